The van der Waals surface area contributed by atoms with Crippen LogP contribution in [0, 0.1) is 0 Å². The maximum absolute atomic E-state index is 12.7. The van der Waals surface area contributed by atoms with Gasteiger partial charge in [0.2, 0.25) is 0 Å². The minimum atomic E-state index is -0.199. The Bertz CT molecular complexity index is 1130. The second kappa shape index (κ2) is 8.40. The van der Waals surface area contributed by atoms with Gasteiger partial charge < -0.3 is 10.3 Å². The summed E-state index contributed by atoms with van der Waals surface area (Å²) in [6.07, 6.45) is 5.36. The summed E-state index contributed by atoms with van der Waals surface area (Å²) < 4.78 is 5.77. The van der Waals surface area contributed by atoms with Gasteiger partial charge in [-0.1, -0.05) is 36.1 Å². The minimum absolute atomic E-state index is 0.199. The fourth-order valence-electron chi connectivity index (χ4n) is 3.05. The maximum atomic E-state index is 12.7. The van der Waals surface area contributed by atoms with Gasteiger partial charge >= 0.3 is 5.69 Å². The van der Waals surface area contributed by atoms with Crippen LogP contribution in [0.15, 0.2) is 63.1 Å². The van der Waals surface area contributed by atoms with Crippen molar-refractivity contribution in [3.05, 3.63) is 75.0 Å². The highest BCUT2D eigenvalue weighted by Gasteiger charge is 2.21. The number of fused-ring (bicyclic) bond motifs is 1. The van der Waals surface area contributed by atoms with Crippen molar-refractivity contribution in [2.45, 2.75) is 27.3 Å². The van der Waals surface area contributed by atoms with Crippen LogP contribution in [0.5, 0.6) is 0 Å². The number of rotatable bonds is 5. The van der Waals surface area contributed by atoms with E-state index >= 15 is 0 Å². The fraction of sp³-hybridized carbons (Fsp3) is 0.227. The van der Waals surface area contributed by atoms with Gasteiger partial charge in [-0.15, -0.1) is 4.67 Å². The summed E-state index contributed by atoms with van der Waals surface area (Å²) in [6, 6.07) is 9.87. The van der Waals surface area contributed by atoms with Gasteiger partial charge in [0.15, 0.2) is 5.82 Å². The molecule has 0 bridgehead atoms. The summed E-state index contributed by atoms with van der Waals surface area (Å²) in [6.45, 7) is 6.24. The number of H-pyrrole nitrogens is 1. The summed E-state index contributed by atoms with van der Waals surface area (Å²) >= 11 is 0. The second-order valence-electron chi connectivity index (χ2n) is 6.44. The number of allylic oxidation sites excluding steroid dienone is 3. The first kappa shape index (κ1) is 19.2. The average molecular weight is 374 g/mol. The number of hydrogen-bond donors (Lipinski definition) is 2. The van der Waals surface area contributed by atoms with E-state index < -0.39 is 0 Å². The molecule has 0 unspecified atom stereocenters. The number of nitrogens with zero attached hydrogens (tertiary/aromatic N) is 3. The highest BCUT2D eigenvalue weighted by molar-refractivity contribution is 6.15. The zero-order valence-corrected chi connectivity index (χ0v) is 16.6. The van der Waals surface area contributed by atoms with Crippen molar-refractivity contribution in [1.82, 2.24) is 19.5 Å². The third kappa shape index (κ3) is 3.89. The fourth-order valence-corrected chi connectivity index (χ4v) is 3.05. The molecule has 1 aromatic carbocycles. The van der Waals surface area contributed by atoms with E-state index in [0.717, 1.165) is 22.4 Å². The average Bonchev–Trinajstić information content (AvgIpc) is 2.91. The van der Waals surface area contributed by atoms with Crippen molar-refractivity contribution in [2.24, 2.45) is 4.99 Å². The zero-order valence-electron chi connectivity index (χ0n) is 16.6. The molecule has 3 rings (SSSR count). The Morgan fingerprint density at radius 1 is 1.36 bits per heavy atom. The van der Waals surface area contributed by atoms with Crippen LogP contribution in [-0.2, 0) is 6.54 Å². The van der Waals surface area contributed by atoms with E-state index in [9.17, 15) is 4.79 Å². The number of aromatic amines is 1. The van der Waals surface area contributed by atoms with Crippen LogP contribution in [0.1, 0.15) is 32.0 Å². The predicted octanol–water partition coefficient (Wildman–Crippen LogP) is 2.59. The maximum Gasteiger partial charge on any atom is 0.328 e. The van der Waals surface area contributed by atoms with Gasteiger partial charge in [-0.2, -0.15) is 0 Å². The zero-order chi connectivity index (χ0) is 20.1. The first-order chi connectivity index (χ1) is 13.5. The Balaban J connectivity index is 2.20. The van der Waals surface area contributed by atoms with Gasteiger partial charge in [-0.25, -0.2) is 9.79 Å². The van der Waals surface area contributed by atoms with Gasteiger partial charge in [0.05, 0.1) is 12.3 Å². The molecule has 0 radical (unpaired) electrons. The molecule has 0 amide bonds. The van der Waals surface area contributed by atoms with Crippen LogP contribution >= 0.6 is 0 Å². The van der Waals surface area contributed by atoms with E-state index in [1.54, 1.807) is 17.0 Å². The van der Waals surface area contributed by atoms with Crippen LogP contribution in [0.25, 0.3) is 5.70 Å². The Kier molecular flexibility index (Phi) is 5.75. The number of aromatic nitrogens is 2. The largest absolute Gasteiger partial charge is 0.380 e. The molecule has 6 nitrogen and oxygen atoms in total. The highest BCUT2D eigenvalue weighted by Crippen LogP contribution is 2.27. The molecule has 0 atom stereocenters. The molecular weight excluding hydrogens is 350 g/mol. The summed E-state index contributed by atoms with van der Waals surface area (Å²) in [7, 11) is 1.81. The lowest BCUT2D eigenvalue weighted by atomic mass is 10.1. The molecule has 1 aromatic heterocycles. The van der Waals surface area contributed by atoms with Crippen molar-refractivity contribution in [3.8, 4) is 0 Å². The summed E-state index contributed by atoms with van der Waals surface area (Å²) in [5, 5.41) is 3.12. The molecule has 0 aliphatic carbocycles. The molecule has 0 saturated carbocycles. The third-order valence-electron chi connectivity index (χ3n) is 4.46. The van der Waals surface area contributed by atoms with Crippen molar-refractivity contribution in [1.29, 1.82) is 0 Å². The number of imidazole rings is 1. The van der Waals surface area contributed by atoms with Crippen molar-refractivity contribution in [2.75, 3.05) is 7.05 Å². The number of hydrogen-bond acceptors (Lipinski definition) is 3. The number of benzene rings is 1. The van der Waals surface area contributed by atoms with Gasteiger partial charge in [0, 0.05) is 25.6 Å². The molecule has 1 aliphatic heterocycles. The van der Waals surface area contributed by atoms with Crippen molar-refractivity contribution < 1.29 is 0 Å². The second-order valence-corrected chi connectivity index (χ2v) is 6.44. The molecule has 28 heavy (non-hydrogen) atoms. The normalized spacial score (nSPS) is 13.4. The smallest absolute Gasteiger partial charge is 0.328 e. The molecule has 0 saturated heterocycles. The van der Waals surface area contributed by atoms with Crippen LogP contribution in [0.2, 0.25) is 0 Å². The van der Waals surface area contributed by atoms with Gasteiger partial charge in [0.1, 0.15) is 11.4 Å². The highest BCUT2D eigenvalue weighted by atomic mass is 16.1. The van der Waals surface area contributed by atoms with E-state index in [1.165, 1.54) is 0 Å². The standard InChI is InChI=1S/C22H23N5O/c1-5-24-12-11-15(2)19-16(3)13-18(23-4)20-21(25-19)27(22(28)26-20)14-17-9-7-6-8-10-17/h5-12,23H,14H2,1-4H3/p+1. The van der Waals surface area contributed by atoms with E-state index in [4.69, 9.17) is 4.99 Å². The van der Waals surface area contributed by atoms with E-state index in [2.05, 4.69) is 20.7 Å². The van der Waals surface area contributed by atoms with Gasteiger partial charge in [0.25, 0.3) is 12.4 Å². The topological polar surface area (TPSA) is 76.3 Å². The van der Waals surface area contributed by atoms with Crippen LogP contribution in [0.4, 0.5) is 5.82 Å². The van der Waals surface area contributed by atoms with Crippen molar-refractivity contribution >= 4 is 29.7 Å². The minimum Gasteiger partial charge on any atom is -0.380 e. The summed E-state index contributed by atoms with van der Waals surface area (Å²) in [5.74, 6) is 0.587. The summed E-state index contributed by atoms with van der Waals surface area (Å²) in [4.78, 5) is 20.5. The first-order valence-corrected chi connectivity index (χ1v) is 9.14. The quantitative estimate of drug-likeness (QED) is 0.479. The number of aliphatic imine (C=N–C) groups is 1. The Hall–Kier alpha value is -3.59. The molecule has 6 heteroatoms. The first-order valence-electron chi connectivity index (χ1n) is 9.14. The van der Waals surface area contributed by atoms with Gasteiger partial charge in [-0.3, -0.25) is 4.57 Å². The molecule has 0 fully saturated rings. The lowest BCUT2D eigenvalue weighted by Crippen LogP contribution is -2.17. The van der Waals surface area contributed by atoms with E-state index in [-0.39, 0.29) is 5.69 Å². The lowest BCUT2D eigenvalue weighted by Gasteiger charge is -2.08. The van der Waals surface area contributed by atoms with Crippen molar-refractivity contribution in [3.63, 3.8) is 0 Å². The van der Waals surface area contributed by atoms with Crippen LogP contribution < -0.4 is 15.7 Å². The SMILES string of the molecule is CC=[N+]=CC=C(C)C1=Nc2c([nH]c(=O)n2Cc2ccccc2)C(NC)=C=C1C. The number of nitrogens with one attached hydrogen (secondary N) is 2. The summed E-state index contributed by atoms with van der Waals surface area (Å²) in [5.41, 5.74) is 8.11. The molecule has 0 spiro atoms. The lowest BCUT2D eigenvalue weighted by molar-refractivity contribution is 0.764. The predicted molar refractivity (Wildman–Crippen MR) is 117 cm³/mol. The van der Waals surface area contributed by atoms with Gasteiger partial charge in [-0.05, 0) is 25.0 Å². The molecule has 1 aliphatic rings. The molecule has 2 aromatic rings. The molecule has 2 heterocycles. The third-order valence-corrected chi connectivity index (χ3v) is 4.46. The Morgan fingerprint density at radius 2 is 2.11 bits per heavy atom. The monoisotopic (exact) mass is 374 g/mol. The Morgan fingerprint density at radius 3 is 2.79 bits per heavy atom. The van der Waals surface area contributed by atoms with E-state index in [0.29, 0.717) is 23.8 Å². The molecule has 142 valence electrons. The van der Waals surface area contributed by atoms with Crippen LogP contribution in [-0.4, -0.2) is 34.7 Å². The Labute approximate surface area is 164 Å². The molecule has 2 N–H and O–H groups in total. The van der Waals surface area contributed by atoms with E-state index in [1.807, 2.05) is 64.2 Å². The van der Waals surface area contributed by atoms with Crippen LogP contribution in [0.3, 0.4) is 0 Å². The molecular formula is C22H24N5O+.